The molecule has 0 aromatic heterocycles. The van der Waals surface area contributed by atoms with Crippen molar-refractivity contribution in [3.63, 3.8) is 0 Å². The maximum absolute atomic E-state index is 6.28. The molecule has 0 bridgehead atoms. The molecular formula is C16H17Cl2N. The predicted molar refractivity (Wildman–Crippen MR) is 83.9 cm³/mol. The molecule has 1 nitrogen and oxygen atoms in total. The second kappa shape index (κ2) is 6.42. The van der Waals surface area contributed by atoms with Crippen molar-refractivity contribution in [2.45, 2.75) is 26.4 Å². The van der Waals surface area contributed by atoms with Crippen LogP contribution >= 0.6 is 23.2 Å². The number of benzene rings is 2. The van der Waals surface area contributed by atoms with Crippen molar-refractivity contribution in [2.24, 2.45) is 0 Å². The average molecular weight is 294 g/mol. The molecule has 0 amide bonds. The number of hydrogen-bond donors (Lipinski definition) is 1. The molecule has 0 unspecified atom stereocenters. The van der Waals surface area contributed by atoms with Gasteiger partial charge in [-0.15, -0.1) is 0 Å². The SMILES string of the molecule is CC(C)NCc1ccc(Cl)cc1-c1ccccc1Cl. The smallest absolute Gasteiger partial charge is 0.0484 e. The van der Waals surface area contributed by atoms with Crippen molar-refractivity contribution in [3.05, 3.63) is 58.1 Å². The fraction of sp³-hybridized carbons (Fsp3) is 0.250. The minimum atomic E-state index is 0.440. The molecule has 0 saturated heterocycles. The normalized spacial score (nSPS) is 11.0. The van der Waals surface area contributed by atoms with Crippen molar-refractivity contribution < 1.29 is 0 Å². The Morgan fingerprint density at radius 3 is 2.42 bits per heavy atom. The third kappa shape index (κ3) is 3.73. The molecule has 0 saturated carbocycles. The molecule has 0 aliphatic heterocycles. The zero-order valence-electron chi connectivity index (χ0n) is 11.1. The largest absolute Gasteiger partial charge is 0.310 e. The molecule has 0 radical (unpaired) electrons. The summed E-state index contributed by atoms with van der Waals surface area (Å²) < 4.78 is 0. The molecule has 2 aromatic rings. The summed E-state index contributed by atoms with van der Waals surface area (Å²) in [5.41, 5.74) is 3.31. The zero-order valence-corrected chi connectivity index (χ0v) is 12.6. The molecule has 2 rings (SSSR count). The zero-order chi connectivity index (χ0) is 13.8. The van der Waals surface area contributed by atoms with Crippen LogP contribution in [0.4, 0.5) is 0 Å². The molecule has 2 aromatic carbocycles. The van der Waals surface area contributed by atoms with Crippen LogP contribution in [0, 0.1) is 0 Å². The molecule has 0 atom stereocenters. The van der Waals surface area contributed by atoms with Gasteiger partial charge in [0.2, 0.25) is 0 Å². The predicted octanol–water partition coefficient (Wildman–Crippen LogP) is 5.16. The van der Waals surface area contributed by atoms with E-state index < -0.39 is 0 Å². The van der Waals surface area contributed by atoms with Gasteiger partial charge in [0.25, 0.3) is 0 Å². The third-order valence-corrected chi connectivity index (χ3v) is 3.50. The summed E-state index contributed by atoms with van der Waals surface area (Å²) in [4.78, 5) is 0. The quantitative estimate of drug-likeness (QED) is 0.821. The van der Waals surface area contributed by atoms with Gasteiger partial charge < -0.3 is 5.32 Å². The van der Waals surface area contributed by atoms with Gasteiger partial charge in [-0.1, -0.05) is 61.3 Å². The van der Waals surface area contributed by atoms with Gasteiger partial charge >= 0.3 is 0 Å². The van der Waals surface area contributed by atoms with E-state index in [1.807, 2.05) is 36.4 Å². The van der Waals surface area contributed by atoms with Crippen molar-refractivity contribution in [1.82, 2.24) is 5.32 Å². The average Bonchev–Trinajstić information content (AvgIpc) is 2.37. The van der Waals surface area contributed by atoms with Crippen LogP contribution in [0.3, 0.4) is 0 Å². The standard InChI is InChI=1S/C16H17Cl2N/c1-11(2)19-10-12-7-8-13(17)9-15(12)14-5-3-4-6-16(14)18/h3-9,11,19H,10H2,1-2H3. The van der Waals surface area contributed by atoms with Crippen molar-refractivity contribution in [1.29, 1.82) is 0 Å². The van der Waals surface area contributed by atoms with Crippen LogP contribution < -0.4 is 5.32 Å². The van der Waals surface area contributed by atoms with Gasteiger partial charge in [0.05, 0.1) is 0 Å². The number of hydrogen-bond acceptors (Lipinski definition) is 1. The molecule has 3 heteroatoms. The highest BCUT2D eigenvalue weighted by molar-refractivity contribution is 6.34. The third-order valence-electron chi connectivity index (χ3n) is 2.94. The molecule has 0 heterocycles. The lowest BCUT2D eigenvalue weighted by Gasteiger charge is -2.14. The summed E-state index contributed by atoms with van der Waals surface area (Å²) in [7, 11) is 0. The molecular weight excluding hydrogens is 277 g/mol. The highest BCUT2D eigenvalue weighted by atomic mass is 35.5. The highest BCUT2D eigenvalue weighted by Gasteiger charge is 2.09. The van der Waals surface area contributed by atoms with E-state index in [1.165, 1.54) is 5.56 Å². The van der Waals surface area contributed by atoms with Crippen LogP contribution in [0.25, 0.3) is 11.1 Å². The highest BCUT2D eigenvalue weighted by Crippen LogP contribution is 2.32. The molecule has 0 aliphatic carbocycles. The van der Waals surface area contributed by atoms with Gasteiger partial charge in [0, 0.05) is 28.2 Å². The van der Waals surface area contributed by atoms with Crippen LogP contribution in [0.1, 0.15) is 19.4 Å². The van der Waals surface area contributed by atoms with Gasteiger partial charge in [0.1, 0.15) is 0 Å². The summed E-state index contributed by atoms with van der Waals surface area (Å²) in [6.07, 6.45) is 0. The van der Waals surface area contributed by atoms with E-state index >= 15 is 0 Å². The summed E-state index contributed by atoms with van der Waals surface area (Å²) in [6.45, 7) is 5.06. The Labute approximate surface area is 124 Å². The van der Waals surface area contributed by atoms with Crippen LogP contribution in [0.15, 0.2) is 42.5 Å². The van der Waals surface area contributed by atoms with Crippen LogP contribution in [-0.4, -0.2) is 6.04 Å². The van der Waals surface area contributed by atoms with E-state index in [0.717, 1.165) is 27.7 Å². The Bertz CT molecular complexity index is 564. The number of rotatable bonds is 4. The lowest BCUT2D eigenvalue weighted by Crippen LogP contribution is -2.22. The van der Waals surface area contributed by atoms with E-state index in [2.05, 4.69) is 25.2 Å². The van der Waals surface area contributed by atoms with Crippen molar-refractivity contribution in [3.8, 4) is 11.1 Å². The summed E-state index contributed by atoms with van der Waals surface area (Å²) in [6, 6.07) is 14.2. The Morgan fingerprint density at radius 2 is 1.74 bits per heavy atom. The van der Waals surface area contributed by atoms with Crippen LogP contribution in [0.2, 0.25) is 10.0 Å². The minimum absolute atomic E-state index is 0.440. The summed E-state index contributed by atoms with van der Waals surface area (Å²) in [5, 5.41) is 4.90. The maximum atomic E-state index is 6.28. The summed E-state index contributed by atoms with van der Waals surface area (Å²) in [5.74, 6) is 0. The summed E-state index contributed by atoms with van der Waals surface area (Å²) >= 11 is 12.4. The van der Waals surface area contributed by atoms with Crippen LogP contribution in [0.5, 0.6) is 0 Å². The van der Waals surface area contributed by atoms with Gasteiger partial charge in [-0.3, -0.25) is 0 Å². The van der Waals surface area contributed by atoms with Crippen LogP contribution in [-0.2, 0) is 6.54 Å². The molecule has 0 fully saturated rings. The molecule has 0 spiro atoms. The van der Waals surface area contributed by atoms with Gasteiger partial charge in [-0.2, -0.15) is 0 Å². The van der Waals surface area contributed by atoms with E-state index in [0.29, 0.717) is 6.04 Å². The minimum Gasteiger partial charge on any atom is -0.310 e. The molecule has 19 heavy (non-hydrogen) atoms. The second-order valence-electron chi connectivity index (χ2n) is 4.82. The van der Waals surface area contributed by atoms with E-state index in [9.17, 15) is 0 Å². The molecule has 1 N–H and O–H groups in total. The van der Waals surface area contributed by atoms with Gasteiger partial charge in [-0.05, 0) is 29.3 Å². The Kier molecular flexibility index (Phi) is 4.87. The van der Waals surface area contributed by atoms with E-state index in [-0.39, 0.29) is 0 Å². The van der Waals surface area contributed by atoms with Crippen molar-refractivity contribution >= 4 is 23.2 Å². The number of nitrogens with one attached hydrogen (secondary N) is 1. The first kappa shape index (κ1) is 14.4. The molecule has 0 aliphatic rings. The lowest BCUT2D eigenvalue weighted by molar-refractivity contribution is 0.589. The fourth-order valence-electron chi connectivity index (χ4n) is 1.95. The van der Waals surface area contributed by atoms with Gasteiger partial charge in [0.15, 0.2) is 0 Å². The fourth-order valence-corrected chi connectivity index (χ4v) is 2.36. The lowest BCUT2D eigenvalue weighted by atomic mass is 9.99. The first-order valence-electron chi connectivity index (χ1n) is 6.34. The maximum Gasteiger partial charge on any atom is 0.0484 e. The van der Waals surface area contributed by atoms with E-state index in [4.69, 9.17) is 23.2 Å². The topological polar surface area (TPSA) is 12.0 Å². The number of halogens is 2. The Morgan fingerprint density at radius 1 is 1.00 bits per heavy atom. The first-order valence-corrected chi connectivity index (χ1v) is 7.10. The Balaban J connectivity index is 2.43. The van der Waals surface area contributed by atoms with Gasteiger partial charge in [-0.25, -0.2) is 0 Å². The first-order chi connectivity index (χ1) is 9.08. The monoisotopic (exact) mass is 293 g/mol. The second-order valence-corrected chi connectivity index (χ2v) is 5.66. The Hall–Kier alpha value is -1.02. The molecule has 100 valence electrons. The van der Waals surface area contributed by atoms with E-state index in [1.54, 1.807) is 0 Å². The van der Waals surface area contributed by atoms with Crippen molar-refractivity contribution in [2.75, 3.05) is 0 Å².